The SMILES string of the molecule is O=C(NC(CN1CCCC1)C(O)c1ccc(OC2CCOCC2)c(Cl)c1)/C(=N/O)c1ccc(-c2ccc(F)cc2)cc1. The molecule has 0 spiro atoms. The molecule has 2 unspecified atom stereocenters. The van der Waals surface area contributed by atoms with Crippen LogP contribution in [-0.2, 0) is 9.53 Å². The molecule has 3 aromatic rings. The van der Waals surface area contributed by atoms with Crippen molar-refractivity contribution in [3.05, 3.63) is 88.7 Å². The lowest BCUT2D eigenvalue weighted by Crippen LogP contribution is -2.48. The lowest BCUT2D eigenvalue weighted by molar-refractivity contribution is -0.116. The van der Waals surface area contributed by atoms with Gasteiger partial charge in [-0.2, -0.15) is 0 Å². The van der Waals surface area contributed by atoms with Gasteiger partial charge in [0.25, 0.3) is 5.91 Å². The minimum atomic E-state index is -1.08. The van der Waals surface area contributed by atoms with Gasteiger partial charge in [0, 0.05) is 24.9 Å². The van der Waals surface area contributed by atoms with Crippen molar-refractivity contribution in [1.82, 2.24) is 10.2 Å². The number of rotatable bonds is 10. The summed E-state index contributed by atoms with van der Waals surface area (Å²) >= 11 is 6.56. The summed E-state index contributed by atoms with van der Waals surface area (Å²) in [5.41, 5.74) is 2.38. The van der Waals surface area contributed by atoms with Gasteiger partial charge in [0.15, 0.2) is 5.71 Å². The number of benzene rings is 3. The summed E-state index contributed by atoms with van der Waals surface area (Å²) in [5.74, 6) is -0.409. The number of aliphatic hydroxyl groups is 1. The molecule has 8 nitrogen and oxygen atoms in total. The van der Waals surface area contributed by atoms with Gasteiger partial charge in [0.2, 0.25) is 0 Å². The number of amides is 1. The minimum Gasteiger partial charge on any atom is -0.489 e. The van der Waals surface area contributed by atoms with Crippen molar-refractivity contribution < 1.29 is 29.0 Å². The van der Waals surface area contributed by atoms with E-state index in [0.717, 1.165) is 49.9 Å². The van der Waals surface area contributed by atoms with Crippen LogP contribution in [0.5, 0.6) is 5.75 Å². The molecular weight excluding hydrogens is 561 g/mol. The highest BCUT2D eigenvalue weighted by atomic mass is 35.5. The van der Waals surface area contributed by atoms with Crippen molar-refractivity contribution in [3.63, 3.8) is 0 Å². The van der Waals surface area contributed by atoms with Crippen LogP contribution < -0.4 is 10.1 Å². The average Bonchev–Trinajstić information content (AvgIpc) is 3.52. The Labute approximate surface area is 249 Å². The first-order valence-corrected chi connectivity index (χ1v) is 14.6. The van der Waals surface area contributed by atoms with Gasteiger partial charge in [-0.25, -0.2) is 4.39 Å². The van der Waals surface area contributed by atoms with Gasteiger partial charge >= 0.3 is 0 Å². The second-order valence-corrected chi connectivity index (χ2v) is 11.1. The topological polar surface area (TPSA) is 104 Å². The van der Waals surface area contributed by atoms with Crippen molar-refractivity contribution in [3.8, 4) is 16.9 Å². The van der Waals surface area contributed by atoms with Crippen LogP contribution in [0.2, 0.25) is 5.02 Å². The zero-order valence-corrected chi connectivity index (χ0v) is 24.0. The number of nitrogens with zero attached hydrogens (tertiary/aromatic N) is 2. The van der Waals surface area contributed by atoms with Gasteiger partial charge in [-0.05, 0) is 66.9 Å². The number of oxime groups is 1. The van der Waals surface area contributed by atoms with E-state index < -0.39 is 18.1 Å². The maximum absolute atomic E-state index is 13.4. The molecule has 3 aromatic carbocycles. The molecule has 0 radical (unpaired) electrons. The predicted molar refractivity (Wildman–Crippen MR) is 159 cm³/mol. The van der Waals surface area contributed by atoms with Crippen LogP contribution in [0, 0.1) is 5.82 Å². The number of hydrogen-bond acceptors (Lipinski definition) is 7. The first kappa shape index (κ1) is 30.0. The quantitative estimate of drug-likeness (QED) is 0.169. The Balaban J connectivity index is 1.31. The maximum atomic E-state index is 13.4. The third-order valence-electron chi connectivity index (χ3n) is 7.76. The molecule has 1 amide bonds. The first-order valence-electron chi connectivity index (χ1n) is 14.2. The molecule has 2 fully saturated rings. The standard InChI is InChI=1S/C32H35ClFN3O5/c33-27-19-24(9-12-29(27)42-26-13-17-41-18-14-26)31(38)28(20-37-15-1-2-16-37)35-32(39)30(36-40)23-5-3-21(4-6-23)22-7-10-25(34)11-8-22/h3-12,19,26,28,31,38,40H,1-2,13-18,20H2,(H,35,39)/b36-30+. The van der Waals surface area contributed by atoms with Crippen LogP contribution in [0.25, 0.3) is 11.1 Å². The van der Waals surface area contributed by atoms with Crippen LogP contribution in [0.3, 0.4) is 0 Å². The summed E-state index contributed by atoms with van der Waals surface area (Å²) in [5, 5.41) is 27.8. The molecule has 42 heavy (non-hydrogen) atoms. The molecule has 2 aliphatic rings. The van der Waals surface area contributed by atoms with Crippen LogP contribution in [0.4, 0.5) is 4.39 Å². The normalized spacial score (nSPS) is 18.0. The molecule has 10 heteroatoms. The molecule has 2 atom stereocenters. The fraction of sp³-hybridized carbons (Fsp3) is 0.375. The number of carbonyl (C=O) groups is 1. The molecule has 2 heterocycles. The van der Waals surface area contributed by atoms with E-state index in [4.69, 9.17) is 21.1 Å². The van der Waals surface area contributed by atoms with Crippen molar-refractivity contribution in [2.24, 2.45) is 5.16 Å². The highest BCUT2D eigenvalue weighted by Gasteiger charge is 2.29. The Morgan fingerprint density at radius 1 is 1.05 bits per heavy atom. The highest BCUT2D eigenvalue weighted by Crippen LogP contribution is 2.31. The summed E-state index contributed by atoms with van der Waals surface area (Å²) in [6.07, 6.45) is 2.61. The predicted octanol–water partition coefficient (Wildman–Crippen LogP) is 5.20. The van der Waals surface area contributed by atoms with Gasteiger partial charge in [-0.1, -0.05) is 59.2 Å². The van der Waals surface area contributed by atoms with Crippen LogP contribution in [0.15, 0.2) is 71.9 Å². The number of ether oxygens (including phenoxy) is 2. The van der Waals surface area contributed by atoms with Crippen LogP contribution in [-0.4, -0.2) is 71.8 Å². The Bertz CT molecular complexity index is 1370. The molecule has 3 N–H and O–H groups in total. The average molecular weight is 596 g/mol. The van der Waals surface area contributed by atoms with Crippen molar-refractivity contribution in [1.29, 1.82) is 0 Å². The lowest BCUT2D eigenvalue weighted by Gasteiger charge is -2.29. The fourth-order valence-electron chi connectivity index (χ4n) is 5.40. The van der Waals surface area contributed by atoms with E-state index in [1.807, 2.05) is 0 Å². The molecule has 5 rings (SSSR count). The van der Waals surface area contributed by atoms with E-state index in [1.165, 1.54) is 12.1 Å². The van der Waals surface area contributed by atoms with Gasteiger partial charge < -0.3 is 30.0 Å². The van der Waals surface area contributed by atoms with Crippen LogP contribution >= 0.6 is 11.6 Å². The number of hydrogen-bond donors (Lipinski definition) is 3. The molecule has 0 aromatic heterocycles. The van der Waals surface area contributed by atoms with Crippen molar-refractivity contribution in [2.75, 3.05) is 32.8 Å². The largest absolute Gasteiger partial charge is 0.489 e. The minimum absolute atomic E-state index is 0.0233. The lowest BCUT2D eigenvalue weighted by atomic mass is 9.99. The van der Waals surface area contributed by atoms with Gasteiger partial charge in [-0.3, -0.25) is 4.79 Å². The van der Waals surface area contributed by atoms with Gasteiger partial charge in [0.1, 0.15) is 23.8 Å². The van der Waals surface area contributed by atoms with Crippen LogP contribution in [0.1, 0.15) is 42.9 Å². The van der Waals surface area contributed by atoms with E-state index in [-0.39, 0.29) is 17.6 Å². The van der Waals surface area contributed by atoms with E-state index in [2.05, 4.69) is 15.4 Å². The Morgan fingerprint density at radius 3 is 2.31 bits per heavy atom. The Morgan fingerprint density at radius 2 is 1.69 bits per heavy atom. The summed E-state index contributed by atoms with van der Waals surface area (Å²) in [6.45, 7) is 3.43. The highest BCUT2D eigenvalue weighted by molar-refractivity contribution is 6.45. The fourth-order valence-corrected chi connectivity index (χ4v) is 5.64. The summed E-state index contributed by atoms with van der Waals surface area (Å²) in [7, 11) is 0. The van der Waals surface area contributed by atoms with Gasteiger partial charge in [0.05, 0.1) is 24.3 Å². The third-order valence-corrected chi connectivity index (χ3v) is 8.06. The van der Waals surface area contributed by atoms with Crippen molar-refractivity contribution in [2.45, 2.75) is 43.9 Å². The van der Waals surface area contributed by atoms with Gasteiger partial charge in [-0.15, -0.1) is 0 Å². The van der Waals surface area contributed by atoms with E-state index in [9.17, 15) is 19.5 Å². The van der Waals surface area contributed by atoms with E-state index in [1.54, 1.807) is 54.6 Å². The monoisotopic (exact) mass is 595 g/mol. The molecule has 222 valence electrons. The summed E-state index contributed by atoms with van der Waals surface area (Å²) in [4.78, 5) is 15.6. The smallest absolute Gasteiger partial charge is 0.274 e. The zero-order valence-electron chi connectivity index (χ0n) is 23.2. The number of halogens is 2. The molecule has 2 aliphatic heterocycles. The molecule has 0 bridgehead atoms. The molecule has 0 aliphatic carbocycles. The number of carbonyl (C=O) groups excluding carboxylic acids is 1. The first-order chi connectivity index (χ1) is 20.4. The number of nitrogens with one attached hydrogen (secondary N) is 1. The Hall–Kier alpha value is -3.50. The second-order valence-electron chi connectivity index (χ2n) is 10.7. The number of aliphatic hydroxyl groups excluding tert-OH is 1. The molecule has 2 saturated heterocycles. The summed E-state index contributed by atoms with van der Waals surface area (Å²) < 4.78 is 24.8. The maximum Gasteiger partial charge on any atom is 0.274 e. The zero-order chi connectivity index (χ0) is 29.5. The van der Waals surface area contributed by atoms with E-state index in [0.29, 0.717) is 41.7 Å². The summed E-state index contributed by atoms with van der Waals surface area (Å²) in [6, 6.07) is 17.4. The Kier molecular flexibility index (Phi) is 10.1. The van der Waals surface area contributed by atoms with E-state index >= 15 is 0 Å². The second kappa shape index (κ2) is 14.1. The molecular formula is C32H35ClFN3O5. The van der Waals surface area contributed by atoms with Crippen molar-refractivity contribution >= 4 is 23.2 Å². The third kappa shape index (κ3) is 7.46. The molecule has 0 saturated carbocycles. The number of likely N-dealkylation sites (tertiary alicyclic amines) is 1.